The van der Waals surface area contributed by atoms with Crippen LogP contribution in [0.2, 0.25) is 0 Å². The van der Waals surface area contributed by atoms with Crippen molar-refractivity contribution in [2.45, 2.75) is 23.8 Å². The van der Waals surface area contributed by atoms with Crippen LogP contribution in [0.15, 0.2) is 0 Å². The molecule has 5 nitrogen and oxygen atoms in total. The number of sulfone groups is 1. The molecule has 1 atom stereocenters. The maximum absolute atomic E-state index is 11.2. The molecule has 0 amide bonds. The van der Waals surface area contributed by atoms with Crippen molar-refractivity contribution >= 4 is 31.6 Å². The molecule has 0 heterocycles. The molecular weight excluding hydrogens is 252 g/mol. The van der Waals surface area contributed by atoms with Gasteiger partial charge in [0.1, 0.15) is 0 Å². The molecule has 0 fully saturated rings. The first-order valence-corrected chi connectivity index (χ1v) is 7.65. The van der Waals surface area contributed by atoms with E-state index in [4.69, 9.17) is 16.2 Å². The zero-order chi connectivity index (χ0) is 11.6. The van der Waals surface area contributed by atoms with Gasteiger partial charge in [-0.05, 0) is 19.8 Å². The van der Waals surface area contributed by atoms with Gasteiger partial charge in [-0.3, -0.25) is 4.55 Å². The van der Waals surface area contributed by atoms with Crippen molar-refractivity contribution in [2.24, 2.45) is 0 Å². The third-order valence-electron chi connectivity index (χ3n) is 2.09. The number of hydrogen-bond donors (Lipinski definition) is 1. The van der Waals surface area contributed by atoms with Crippen molar-refractivity contribution in [1.82, 2.24) is 0 Å². The highest BCUT2D eigenvalue weighted by molar-refractivity contribution is 8.07. The van der Waals surface area contributed by atoms with Gasteiger partial charge in [-0.1, -0.05) is 0 Å². The zero-order valence-electron chi connectivity index (χ0n) is 7.90. The van der Waals surface area contributed by atoms with Crippen LogP contribution in [0.3, 0.4) is 0 Å². The van der Waals surface area contributed by atoms with Gasteiger partial charge in [-0.25, -0.2) is 8.42 Å². The largest absolute Gasteiger partial charge is 0.284 e. The SMILES string of the molecule is CC(CCCCl)(S(C)(=O)=O)S(=O)(=O)O. The fraction of sp³-hybridized carbons (Fsp3) is 1.00. The second kappa shape index (κ2) is 4.34. The molecular formula is C6H13ClO5S2. The van der Waals surface area contributed by atoms with Gasteiger partial charge in [0, 0.05) is 12.1 Å². The summed E-state index contributed by atoms with van der Waals surface area (Å²) in [5.41, 5.74) is 0. The average molecular weight is 265 g/mol. The molecule has 0 spiro atoms. The Labute approximate surface area is 89.1 Å². The van der Waals surface area contributed by atoms with Gasteiger partial charge < -0.3 is 0 Å². The molecule has 86 valence electrons. The van der Waals surface area contributed by atoms with E-state index in [2.05, 4.69) is 0 Å². The number of halogens is 1. The van der Waals surface area contributed by atoms with Crippen LogP contribution in [0.25, 0.3) is 0 Å². The molecule has 0 aromatic rings. The molecule has 0 saturated heterocycles. The van der Waals surface area contributed by atoms with E-state index in [0.29, 0.717) is 0 Å². The topological polar surface area (TPSA) is 88.5 Å². The quantitative estimate of drug-likeness (QED) is 0.582. The lowest BCUT2D eigenvalue weighted by molar-refractivity contribution is 0.449. The van der Waals surface area contributed by atoms with Crippen LogP contribution in [-0.2, 0) is 20.0 Å². The van der Waals surface area contributed by atoms with Gasteiger partial charge in [0.15, 0.2) is 13.9 Å². The zero-order valence-corrected chi connectivity index (χ0v) is 10.3. The maximum Gasteiger partial charge on any atom is 0.284 e. The Kier molecular flexibility index (Phi) is 4.39. The third-order valence-corrected chi connectivity index (χ3v) is 6.97. The Morgan fingerprint density at radius 3 is 1.93 bits per heavy atom. The number of hydrogen-bond acceptors (Lipinski definition) is 4. The van der Waals surface area contributed by atoms with E-state index in [1.54, 1.807) is 0 Å². The molecule has 0 radical (unpaired) electrons. The summed E-state index contributed by atoms with van der Waals surface area (Å²) < 4.78 is 51.0. The lowest BCUT2D eigenvalue weighted by Gasteiger charge is -2.23. The van der Waals surface area contributed by atoms with Gasteiger partial charge >= 0.3 is 0 Å². The van der Waals surface area contributed by atoms with Gasteiger partial charge in [0.2, 0.25) is 0 Å². The molecule has 0 saturated carbocycles. The Morgan fingerprint density at radius 2 is 1.71 bits per heavy atom. The smallest absolute Gasteiger partial charge is 0.284 e. The van der Waals surface area contributed by atoms with E-state index in [-0.39, 0.29) is 18.7 Å². The summed E-state index contributed by atoms with van der Waals surface area (Å²) in [6.45, 7) is 0.976. The Morgan fingerprint density at radius 1 is 1.29 bits per heavy atom. The highest BCUT2D eigenvalue weighted by Gasteiger charge is 2.47. The van der Waals surface area contributed by atoms with E-state index >= 15 is 0 Å². The first-order chi connectivity index (χ1) is 6.06. The summed E-state index contributed by atoms with van der Waals surface area (Å²) in [7, 11) is -8.53. The number of rotatable bonds is 5. The Bertz CT molecular complexity index is 350. The van der Waals surface area contributed by atoms with Crippen LogP contribution in [0.5, 0.6) is 0 Å². The fourth-order valence-corrected chi connectivity index (χ4v) is 3.47. The minimum Gasteiger partial charge on any atom is -0.284 e. The summed E-state index contributed by atoms with van der Waals surface area (Å²) in [6.07, 6.45) is 0.758. The molecule has 14 heavy (non-hydrogen) atoms. The number of alkyl halides is 1. The predicted octanol–water partition coefficient (Wildman–Crippen LogP) is 0.654. The average Bonchev–Trinajstić information content (AvgIpc) is 1.95. The van der Waals surface area contributed by atoms with Gasteiger partial charge in [0.05, 0.1) is 0 Å². The van der Waals surface area contributed by atoms with E-state index in [1.807, 2.05) is 0 Å². The highest BCUT2D eigenvalue weighted by atomic mass is 35.5. The molecule has 0 aromatic heterocycles. The van der Waals surface area contributed by atoms with Gasteiger partial charge in [0.25, 0.3) is 10.1 Å². The summed E-state index contributed by atoms with van der Waals surface area (Å²) >= 11 is 5.34. The molecule has 8 heteroatoms. The Balaban J connectivity index is 5.31. The van der Waals surface area contributed by atoms with Crippen molar-refractivity contribution < 1.29 is 21.4 Å². The van der Waals surface area contributed by atoms with Crippen LogP contribution < -0.4 is 0 Å². The van der Waals surface area contributed by atoms with Crippen molar-refractivity contribution in [3.05, 3.63) is 0 Å². The third kappa shape index (κ3) is 2.82. The summed E-state index contributed by atoms with van der Waals surface area (Å²) in [5.74, 6) is 0.140. The lowest BCUT2D eigenvalue weighted by atomic mass is 10.3. The molecule has 0 aromatic carbocycles. The van der Waals surface area contributed by atoms with Crippen molar-refractivity contribution in [3.8, 4) is 0 Å². The second-order valence-electron chi connectivity index (χ2n) is 3.17. The van der Waals surface area contributed by atoms with Crippen molar-refractivity contribution in [3.63, 3.8) is 0 Å². The standard InChI is InChI=1S/C6H13ClO5S2/c1-6(4-3-5-7,13(2,8)9)14(10,11)12/h3-5H2,1-2H3,(H,10,11,12). The van der Waals surface area contributed by atoms with Crippen molar-refractivity contribution in [2.75, 3.05) is 12.1 Å². The monoisotopic (exact) mass is 264 g/mol. The van der Waals surface area contributed by atoms with E-state index in [1.165, 1.54) is 0 Å². The van der Waals surface area contributed by atoms with Gasteiger partial charge in [-0.2, -0.15) is 8.42 Å². The molecule has 0 rings (SSSR count). The first-order valence-electron chi connectivity index (χ1n) is 3.79. The summed E-state index contributed by atoms with van der Waals surface area (Å²) in [5, 5.41) is 0. The maximum atomic E-state index is 11.2. The van der Waals surface area contributed by atoms with Crippen LogP contribution >= 0.6 is 11.6 Å². The Hall–Kier alpha value is 0.150. The van der Waals surface area contributed by atoms with Crippen LogP contribution in [-0.4, -0.2) is 37.6 Å². The van der Waals surface area contributed by atoms with Crippen LogP contribution in [0.4, 0.5) is 0 Å². The molecule has 1 N–H and O–H groups in total. The molecule has 0 aliphatic heterocycles. The molecule has 0 bridgehead atoms. The second-order valence-corrected chi connectivity index (χ2v) is 8.11. The normalized spacial score (nSPS) is 17.7. The van der Waals surface area contributed by atoms with Crippen LogP contribution in [0, 0.1) is 0 Å². The summed E-state index contributed by atoms with van der Waals surface area (Å²) in [4.78, 5) is 0. The van der Waals surface area contributed by atoms with Crippen molar-refractivity contribution in [1.29, 1.82) is 0 Å². The van der Waals surface area contributed by atoms with E-state index in [0.717, 1.165) is 13.2 Å². The molecule has 1 unspecified atom stereocenters. The molecule has 0 aliphatic carbocycles. The molecule has 0 aliphatic rings. The lowest BCUT2D eigenvalue weighted by Crippen LogP contribution is -2.42. The van der Waals surface area contributed by atoms with Crippen LogP contribution in [0.1, 0.15) is 19.8 Å². The first kappa shape index (κ1) is 14.2. The fourth-order valence-electron chi connectivity index (χ4n) is 0.894. The highest BCUT2D eigenvalue weighted by Crippen LogP contribution is 2.28. The minimum absolute atomic E-state index is 0.140. The van der Waals surface area contributed by atoms with Gasteiger partial charge in [-0.15, -0.1) is 11.6 Å². The van der Waals surface area contributed by atoms with E-state index < -0.39 is 24.0 Å². The minimum atomic E-state index is -4.64. The summed E-state index contributed by atoms with van der Waals surface area (Å²) in [6, 6.07) is 0. The van der Waals surface area contributed by atoms with E-state index in [9.17, 15) is 16.8 Å². The predicted molar refractivity (Wildman–Crippen MR) is 54.8 cm³/mol.